The highest BCUT2D eigenvalue weighted by Gasteiger charge is 2.16. The van der Waals surface area contributed by atoms with Gasteiger partial charge in [0.25, 0.3) is 9.05 Å². The fraction of sp³-hybridized carbons (Fsp3) is 0.182. The molecule has 0 spiro atoms. The first-order chi connectivity index (χ1) is 7.79. The van der Waals surface area contributed by atoms with Gasteiger partial charge in [-0.1, -0.05) is 0 Å². The maximum atomic E-state index is 11.5. The van der Waals surface area contributed by atoms with Gasteiger partial charge in [0.1, 0.15) is 4.90 Å². The van der Waals surface area contributed by atoms with Gasteiger partial charge >= 0.3 is 0 Å². The predicted octanol–water partition coefficient (Wildman–Crippen LogP) is 2.07. The molecule has 0 aliphatic heterocycles. The van der Waals surface area contributed by atoms with Gasteiger partial charge in [-0.15, -0.1) is 0 Å². The Morgan fingerprint density at radius 1 is 1.18 bits per heavy atom. The van der Waals surface area contributed by atoms with Gasteiger partial charge in [0, 0.05) is 22.1 Å². The molecule has 0 bridgehead atoms. The molecule has 2 aromatic rings. The van der Waals surface area contributed by atoms with Crippen molar-refractivity contribution < 1.29 is 8.42 Å². The fourth-order valence-corrected chi connectivity index (χ4v) is 2.92. The molecule has 0 aliphatic carbocycles. The van der Waals surface area contributed by atoms with E-state index < -0.39 is 9.05 Å². The average Bonchev–Trinajstić information content (AvgIpc) is 2.16. The summed E-state index contributed by atoms with van der Waals surface area (Å²) in [5.74, 6) is 0. The summed E-state index contributed by atoms with van der Waals surface area (Å²) in [6, 6.07) is 4.68. The third-order valence-electron chi connectivity index (χ3n) is 2.53. The maximum absolute atomic E-state index is 11.5. The Labute approximate surface area is 103 Å². The Balaban J connectivity index is 3.09. The minimum Gasteiger partial charge on any atom is -0.321 e. The van der Waals surface area contributed by atoms with E-state index in [-0.39, 0.29) is 16.0 Å². The van der Waals surface area contributed by atoms with Crippen molar-refractivity contribution >= 4 is 30.6 Å². The molecule has 0 radical (unpaired) electrons. The molecule has 0 fully saturated rings. The van der Waals surface area contributed by atoms with Crippen molar-refractivity contribution in [2.75, 3.05) is 0 Å². The van der Waals surface area contributed by atoms with E-state index in [0.717, 1.165) is 5.56 Å². The van der Waals surface area contributed by atoms with Crippen LogP contribution < -0.4 is 5.56 Å². The van der Waals surface area contributed by atoms with E-state index in [4.69, 9.17) is 10.7 Å². The van der Waals surface area contributed by atoms with Gasteiger partial charge < -0.3 is 4.98 Å². The number of H-pyrrole nitrogens is 1. The molecule has 0 saturated heterocycles. The van der Waals surface area contributed by atoms with Gasteiger partial charge in [0.05, 0.1) is 5.52 Å². The van der Waals surface area contributed by atoms with E-state index in [1.807, 2.05) is 6.07 Å². The van der Waals surface area contributed by atoms with Gasteiger partial charge in [0.2, 0.25) is 5.56 Å². The first-order valence-electron chi connectivity index (χ1n) is 4.88. The summed E-state index contributed by atoms with van der Waals surface area (Å²) in [6.07, 6.45) is 0. The fourth-order valence-electron chi connectivity index (χ4n) is 1.82. The van der Waals surface area contributed by atoms with Crippen LogP contribution in [-0.4, -0.2) is 13.4 Å². The predicted molar refractivity (Wildman–Crippen MR) is 67.1 cm³/mol. The molecule has 0 atom stereocenters. The van der Waals surface area contributed by atoms with E-state index in [1.54, 1.807) is 13.8 Å². The van der Waals surface area contributed by atoms with Crippen molar-refractivity contribution in [3.05, 3.63) is 39.7 Å². The summed E-state index contributed by atoms with van der Waals surface area (Å²) in [7, 11) is 1.48. The Hall–Kier alpha value is -1.33. The summed E-state index contributed by atoms with van der Waals surface area (Å²) < 4.78 is 22.9. The highest BCUT2D eigenvalue weighted by atomic mass is 35.7. The minimum atomic E-state index is -3.88. The molecule has 0 aliphatic rings. The second-order valence-electron chi connectivity index (χ2n) is 3.94. The summed E-state index contributed by atoms with van der Waals surface area (Å²) in [6.45, 7) is 3.52. The molecular weight excluding hydrogens is 262 g/mol. The quantitative estimate of drug-likeness (QED) is 0.808. The molecular formula is C11H10ClNO3S. The summed E-state index contributed by atoms with van der Waals surface area (Å²) in [4.78, 5) is 13.8. The van der Waals surface area contributed by atoms with Crippen LogP contribution in [0.25, 0.3) is 10.9 Å². The van der Waals surface area contributed by atoms with Crippen LogP contribution in [0.5, 0.6) is 0 Å². The van der Waals surface area contributed by atoms with E-state index in [2.05, 4.69) is 4.98 Å². The molecule has 90 valence electrons. The van der Waals surface area contributed by atoms with Crippen LogP contribution in [0, 0.1) is 13.8 Å². The molecule has 6 heteroatoms. The SMILES string of the molecule is Cc1cc(S(=O)(=O)Cl)c2[nH]c(=O)cc(C)c2c1. The molecule has 0 unspecified atom stereocenters. The van der Waals surface area contributed by atoms with Crippen molar-refractivity contribution in [1.82, 2.24) is 4.98 Å². The zero-order valence-corrected chi connectivity index (χ0v) is 10.8. The van der Waals surface area contributed by atoms with Crippen LogP contribution in [-0.2, 0) is 9.05 Å². The molecule has 0 amide bonds. The largest absolute Gasteiger partial charge is 0.321 e. The molecule has 2 rings (SSSR count). The number of pyridine rings is 1. The van der Waals surface area contributed by atoms with Gasteiger partial charge in [0.15, 0.2) is 0 Å². The molecule has 1 N–H and O–H groups in total. The topological polar surface area (TPSA) is 67.0 Å². The number of aromatic nitrogens is 1. The zero-order valence-electron chi connectivity index (χ0n) is 9.24. The summed E-state index contributed by atoms with van der Waals surface area (Å²) in [5.41, 5.74) is 1.40. The number of aryl methyl sites for hydroxylation is 2. The van der Waals surface area contributed by atoms with Crippen molar-refractivity contribution in [3.8, 4) is 0 Å². The first-order valence-corrected chi connectivity index (χ1v) is 7.19. The van der Waals surface area contributed by atoms with Crippen LogP contribution in [0.3, 0.4) is 0 Å². The number of aromatic amines is 1. The summed E-state index contributed by atoms with van der Waals surface area (Å²) >= 11 is 0. The number of rotatable bonds is 1. The third kappa shape index (κ3) is 2.21. The van der Waals surface area contributed by atoms with E-state index in [0.29, 0.717) is 10.9 Å². The van der Waals surface area contributed by atoms with Crippen LogP contribution >= 0.6 is 10.7 Å². The Bertz CT molecular complexity index is 762. The Morgan fingerprint density at radius 3 is 2.41 bits per heavy atom. The average molecular weight is 272 g/mol. The van der Waals surface area contributed by atoms with Crippen molar-refractivity contribution in [2.24, 2.45) is 0 Å². The van der Waals surface area contributed by atoms with Crippen LogP contribution in [0.15, 0.2) is 27.9 Å². The maximum Gasteiger partial charge on any atom is 0.263 e. The van der Waals surface area contributed by atoms with Crippen LogP contribution in [0.2, 0.25) is 0 Å². The van der Waals surface area contributed by atoms with E-state index in [9.17, 15) is 13.2 Å². The standard InChI is InChI=1S/C11H10ClNO3S/c1-6-3-8-7(2)5-10(14)13-11(8)9(4-6)17(12,15)16/h3-5H,1-2H3,(H,13,14). The highest BCUT2D eigenvalue weighted by molar-refractivity contribution is 8.14. The van der Waals surface area contributed by atoms with Gasteiger partial charge in [-0.25, -0.2) is 8.42 Å². The van der Waals surface area contributed by atoms with Gasteiger partial charge in [-0.2, -0.15) is 0 Å². The lowest BCUT2D eigenvalue weighted by molar-refractivity contribution is 0.610. The number of hydrogen-bond acceptors (Lipinski definition) is 3. The van der Waals surface area contributed by atoms with Crippen LogP contribution in [0.1, 0.15) is 11.1 Å². The van der Waals surface area contributed by atoms with E-state index in [1.165, 1.54) is 12.1 Å². The van der Waals surface area contributed by atoms with Gasteiger partial charge in [-0.3, -0.25) is 4.79 Å². The van der Waals surface area contributed by atoms with Crippen LogP contribution in [0.4, 0.5) is 0 Å². The lowest BCUT2D eigenvalue weighted by Gasteiger charge is -2.07. The number of nitrogens with one attached hydrogen (secondary N) is 1. The number of benzene rings is 1. The molecule has 4 nitrogen and oxygen atoms in total. The normalized spacial score (nSPS) is 11.9. The Morgan fingerprint density at radius 2 is 1.82 bits per heavy atom. The summed E-state index contributed by atoms with van der Waals surface area (Å²) in [5, 5.41) is 0.684. The highest BCUT2D eigenvalue weighted by Crippen LogP contribution is 2.26. The molecule has 1 aromatic carbocycles. The second kappa shape index (κ2) is 3.85. The molecule has 0 saturated carbocycles. The zero-order chi connectivity index (χ0) is 12.8. The first kappa shape index (κ1) is 12.1. The van der Waals surface area contributed by atoms with Gasteiger partial charge in [-0.05, 0) is 37.1 Å². The number of hydrogen-bond donors (Lipinski definition) is 1. The van der Waals surface area contributed by atoms with Crippen molar-refractivity contribution in [2.45, 2.75) is 18.7 Å². The lowest BCUT2D eigenvalue weighted by Crippen LogP contribution is -2.07. The smallest absolute Gasteiger partial charge is 0.263 e. The van der Waals surface area contributed by atoms with Crippen molar-refractivity contribution in [3.63, 3.8) is 0 Å². The van der Waals surface area contributed by atoms with Crippen molar-refractivity contribution in [1.29, 1.82) is 0 Å². The lowest BCUT2D eigenvalue weighted by atomic mass is 10.1. The molecule has 1 aromatic heterocycles. The third-order valence-corrected chi connectivity index (χ3v) is 3.88. The monoisotopic (exact) mass is 271 g/mol. The number of halogens is 1. The Kier molecular flexibility index (Phi) is 2.75. The minimum absolute atomic E-state index is 0.0602. The second-order valence-corrected chi connectivity index (χ2v) is 6.47. The number of fused-ring (bicyclic) bond motifs is 1. The molecule has 1 heterocycles. The molecule has 17 heavy (non-hydrogen) atoms. The van der Waals surface area contributed by atoms with E-state index >= 15 is 0 Å².